The number of nitrogens with zero attached hydrogens (tertiary/aromatic N) is 4. The predicted octanol–water partition coefficient (Wildman–Crippen LogP) is 4.19. The predicted molar refractivity (Wildman–Crippen MR) is 99.5 cm³/mol. The van der Waals surface area contributed by atoms with Crippen LogP contribution in [0, 0.1) is 13.8 Å². The Morgan fingerprint density at radius 3 is 2.58 bits per heavy atom. The SMILES string of the molecule is CC.CC.Cc1cc2nc(C)nc3c2c(n1)COCC1CCCN31. The van der Waals surface area contributed by atoms with E-state index in [0.29, 0.717) is 12.6 Å². The van der Waals surface area contributed by atoms with Crippen molar-refractivity contribution in [3.05, 3.63) is 23.3 Å². The van der Waals surface area contributed by atoms with Gasteiger partial charge in [0.05, 0.1) is 35.9 Å². The summed E-state index contributed by atoms with van der Waals surface area (Å²) in [5.74, 6) is 1.89. The number of aromatic nitrogens is 3. The number of rotatable bonds is 0. The van der Waals surface area contributed by atoms with Crippen molar-refractivity contribution in [3.63, 3.8) is 0 Å². The quantitative estimate of drug-likeness (QED) is 0.725. The molecule has 1 saturated heterocycles. The highest BCUT2D eigenvalue weighted by Gasteiger charge is 2.30. The van der Waals surface area contributed by atoms with Crippen LogP contribution < -0.4 is 4.90 Å². The van der Waals surface area contributed by atoms with Crippen LogP contribution in [0.3, 0.4) is 0 Å². The monoisotopic (exact) mass is 330 g/mol. The summed E-state index contributed by atoms with van der Waals surface area (Å²) in [5, 5.41) is 1.08. The second-order valence-electron chi connectivity index (χ2n) is 5.70. The van der Waals surface area contributed by atoms with Crippen molar-refractivity contribution in [2.24, 2.45) is 0 Å². The average molecular weight is 330 g/mol. The van der Waals surface area contributed by atoms with Crippen molar-refractivity contribution in [1.29, 1.82) is 0 Å². The zero-order chi connectivity index (χ0) is 17.7. The van der Waals surface area contributed by atoms with E-state index >= 15 is 0 Å². The molecule has 2 aromatic heterocycles. The number of anilines is 1. The van der Waals surface area contributed by atoms with Gasteiger partial charge >= 0.3 is 0 Å². The number of hydrogen-bond donors (Lipinski definition) is 0. The molecule has 1 atom stereocenters. The lowest BCUT2D eigenvalue weighted by atomic mass is 10.1. The minimum atomic E-state index is 0.446. The Hall–Kier alpha value is -1.75. The molecule has 0 aromatic carbocycles. The van der Waals surface area contributed by atoms with Gasteiger partial charge in [-0.1, -0.05) is 27.7 Å². The maximum atomic E-state index is 5.86. The smallest absolute Gasteiger partial charge is 0.142 e. The Morgan fingerprint density at radius 2 is 1.83 bits per heavy atom. The van der Waals surface area contributed by atoms with Gasteiger partial charge in [-0.25, -0.2) is 9.97 Å². The van der Waals surface area contributed by atoms with E-state index in [-0.39, 0.29) is 0 Å². The summed E-state index contributed by atoms with van der Waals surface area (Å²) in [6.07, 6.45) is 2.38. The highest BCUT2D eigenvalue weighted by Crippen LogP contribution is 2.34. The highest BCUT2D eigenvalue weighted by atomic mass is 16.5. The van der Waals surface area contributed by atoms with Gasteiger partial charge in [0, 0.05) is 12.2 Å². The van der Waals surface area contributed by atoms with Crippen LogP contribution in [0.15, 0.2) is 6.07 Å². The lowest BCUT2D eigenvalue weighted by Crippen LogP contribution is -2.35. The Morgan fingerprint density at radius 1 is 1.08 bits per heavy atom. The summed E-state index contributed by atoms with van der Waals surface area (Å²) in [6, 6.07) is 2.49. The van der Waals surface area contributed by atoms with E-state index in [1.165, 1.54) is 12.8 Å². The van der Waals surface area contributed by atoms with Crippen LogP contribution in [0.4, 0.5) is 5.82 Å². The topological polar surface area (TPSA) is 51.1 Å². The summed E-state index contributed by atoms with van der Waals surface area (Å²) >= 11 is 0. The van der Waals surface area contributed by atoms with Crippen LogP contribution in [0.25, 0.3) is 10.9 Å². The molecular formula is C19H30N4O. The maximum absolute atomic E-state index is 5.86. The molecule has 0 amide bonds. The first kappa shape index (κ1) is 18.6. The fourth-order valence-electron chi connectivity index (χ4n) is 3.35. The van der Waals surface area contributed by atoms with Gasteiger partial charge in [0.2, 0.25) is 0 Å². The minimum Gasteiger partial charge on any atom is -0.373 e. The normalized spacial score (nSPS) is 18.6. The molecule has 0 saturated carbocycles. The van der Waals surface area contributed by atoms with Crippen molar-refractivity contribution < 1.29 is 4.74 Å². The van der Waals surface area contributed by atoms with Crippen LogP contribution in [-0.2, 0) is 11.3 Å². The summed E-state index contributed by atoms with van der Waals surface area (Å²) in [4.78, 5) is 16.3. The molecule has 0 aliphatic carbocycles. The number of aryl methyl sites for hydroxylation is 2. The van der Waals surface area contributed by atoms with Crippen molar-refractivity contribution >= 4 is 16.7 Å². The van der Waals surface area contributed by atoms with Gasteiger partial charge in [-0.15, -0.1) is 0 Å². The van der Waals surface area contributed by atoms with Crippen LogP contribution >= 0.6 is 0 Å². The van der Waals surface area contributed by atoms with Crippen molar-refractivity contribution in [3.8, 4) is 0 Å². The molecule has 0 radical (unpaired) electrons. The first-order chi connectivity index (χ1) is 11.7. The van der Waals surface area contributed by atoms with Crippen LogP contribution in [0.1, 0.15) is 57.7 Å². The molecule has 2 aliphatic heterocycles. The molecule has 0 spiro atoms. The van der Waals surface area contributed by atoms with Crippen molar-refractivity contribution in [2.75, 3.05) is 18.1 Å². The fourth-order valence-corrected chi connectivity index (χ4v) is 3.35. The van der Waals surface area contributed by atoms with Crippen molar-refractivity contribution in [2.45, 2.75) is 67.0 Å². The standard InChI is InChI=1S/C15H18N4O.2C2H6/c1-9-6-12-14-13(16-9)8-20-7-11-4-3-5-19(11)15(14)18-10(2)17-12;2*1-2/h6,11H,3-5,7-8H2,1-2H3;2*1-2H3. The van der Waals surface area contributed by atoms with Crippen LogP contribution in [0.2, 0.25) is 0 Å². The Labute approximate surface area is 145 Å². The molecule has 24 heavy (non-hydrogen) atoms. The second-order valence-corrected chi connectivity index (χ2v) is 5.70. The molecule has 4 rings (SSSR count). The van der Waals surface area contributed by atoms with Gasteiger partial charge in [-0.05, 0) is 32.8 Å². The molecule has 4 heterocycles. The highest BCUT2D eigenvalue weighted by molar-refractivity contribution is 5.92. The zero-order valence-corrected chi connectivity index (χ0v) is 15.9. The van der Waals surface area contributed by atoms with Gasteiger partial charge in [0.15, 0.2) is 0 Å². The van der Waals surface area contributed by atoms with E-state index in [1.807, 2.05) is 47.6 Å². The Balaban J connectivity index is 0.000000487. The number of hydrogen-bond acceptors (Lipinski definition) is 5. The molecular weight excluding hydrogens is 300 g/mol. The third-order valence-corrected chi connectivity index (χ3v) is 4.17. The lowest BCUT2D eigenvalue weighted by Gasteiger charge is -2.29. The Bertz CT molecular complexity index is 681. The Kier molecular flexibility index (Phi) is 6.49. The first-order valence-corrected chi connectivity index (χ1v) is 9.21. The third-order valence-electron chi connectivity index (χ3n) is 4.17. The van der Waals surface area contributed by atoms with Gasteiger partial charge in [-0.2, -0.15) is 0 Å². The molecule has 1 unspecified atom stereocenters. The van der Waals surface area contributed by atoms with E-state index in [4.69, 9.17) is 9.72 Å². The van der Waals surface area contributed by atoms with Gasteiger partial charge < -0.3 is 9.64 Å². The molecule has 5 heteroatoms. The van der Waals surface area contributed by atoms with Crippen LogP contribution in [-0.4, -0.2) is 34.1 Å². The minimum absolute atomic E-state index is 0.446. The summed E-state index contributed by atoms with van der Waals surface area (Å²) in [6.45, 7) is 14.3. The molecule has 5 nitrogen and oxygen atoms in total. The van der Waals surface area contributed by atoms with Gasteiger partial charge in [0.1, 0.15) is 11.6 Å². The van der Waals surface area contributed by atoms with E-state index in [0.717, 1.165) is 47.1 Å². The second kappa shape index (κ2) is 8.38. The number of pyridine rings is 1. The molecule has 2 aliphatic rings. The largest absolute Gasteiger partial charge is 0.373 e. The van der Waals surface area contributed by atoms with E-state index in [1.54, 1.807) is 0 Å². The van der Waals surface area contributed by atoms with E-state index < -0.39 is 0 Å². The molecule has 2 aromatic rings. The summed E-state index contributed by atoms with van der Waals surface area (Å²) < 4.78 is 5.86. The number of ether oxygens (including phenoxy) is 1. The molecule has 0 bridgehead atoms. The molecule has 132 valence electrons. The van der Waals surface area contributed by atoms with Crippen LogP contribution in [0.5, 0.6) is 0 Å². The lowest BCUT2D eigenvalue weighted by molar-refractivity contribution is 0.105. The van der Waals surface area contributed by atoms with Crippen molar-refractivity contribution in [1.82, 2.24) is 15.0 Å². The molecule has 1 fully saturated rings. The average Bonchev–Trinajstić information content (AvgIpc) is 3.03. The summed E-state index contributed by atoms with van der Waals surface area (Å²) in [7, 11) is 0. The number of fused-ring (bicyclic) bond motifs is 2. The fraction of sp³-hybridized carbons (Fsp3) is 0.632. The van der Waals surface area contributed by atoms with Gasteiger partial charge in [-0.3, -0.25) is 4.98 Å². The zero-order valence-electron chi connectivity index (χ0n) is 15.9. The summed E-state index contributed by atoms with van der Waals surface area (Å²) in [5.41, 5.74) is 2.95. The maximum Gasteiger partial charge on any atom is 0.142 e. The van der Waals surface area contributed by atoms with E-state index in [2.05, 4.69) is 14.9 Å². The van der Waals surface area contributed by atoms with Gasteiger partial charge in [0.25, 0.3) is 0 Å². The first-order valence-electron chi connectivity index (χ1n) is 9.21. The van der Waals surface area contributed by atoms with E-state index in [9.17, 15) is 0 Å². The molecule has 0 N–H and O–H groups in total. The third kappa shape index (κ3) is 3.51.